The maximum Gasteiger partial charge on any atom is 0.331 e. The van der Waals surface area contributed by atoms with E-state index in [1.807, 2.05) is 54.6 Å². The van der Waals surface area contributed by atoms with Crippen LogP contribution in [0, 0.1) is 0 Å². The monoisotopic (exact) mass is 633 g/mol. The van der Waals surface area contributed by atoms with E-state index in [4.69, 9.17) is 40.5 Å². The molecule has 8 nitrogen and oxygen atoms in total. The van der Waals surface area contributed by atoms with E-state index in [-0.39, 0.29) is 6.03 Å². The highest BCUT2D eigenvalue weighted by molar-refractivity contribution is 6.32. The molecule has 1 fully saturated rings. The van der Waals surface area contributed by atoms with Gasteiger partial charge in [0.1, 0.15) is 0 Å². The molecule has 0 radical (unpaired) electrons. The lowest BCUT2D eigenvalue weighted by molar-refractivity contribution is 0.255. The molecule has 2 aromatic heterocycles. The van der Waals surface area contributed by atoms with Gasteiger partial charge in [-0.05, 0) is 85.1 Å². The minimum Gasteiger partial charge on any atom is -0.330 e. The van der Waals surface area contributed by atoms with Crippen LogP contribution in [-0.4, -0.2) is 45.6 Å². The van der Waals surface area contributed by atoms with Gasteiger partial charge in [0.25, 0.3) is 0 Å². The lowest BCUT2D eigenvalue weighted by atomic mass is 10.1. The summed E-state index contributed by atoms with van der Waals surface area (Å²) in [5, 5.41) is 1.71. The number of nitrogens with one attached hydrogen (secondary N) is 2. The number of hydrogen-bond acceptors (Lipinski definition) is 4. The number of amides is 2. The molecule has 0 atom stereocenters. The number of para-hydroxylation sites is 1. The first-order valence-corrected chi connectivity index (χ1v) is 14.9. The predicted octanol–water partition coefficient (Wildman–Crippen LogP) is 8.11. The molecule has 0 spiro atoms. The van der Waals surface area contributed by atoms with Crippen LogP contribution in [0.25, 0.3) is 22.1 Å². The third-order valence-electron chi connectivity index (χ3n) is 6.69. The van der Waals surface area contributed by atoms with Gasteiger partial charge < -0.3 is 15.7 Å². The number of benzene rings is 4. The van der Waals surface area contributed by atoms with Gasteiger partial charge in [-0.2, -0.15) is 0 Å². The average molecular weight is 635 g/mol. The van der Waals surface area contributed by atoms with Gasteiger partial charge in [0.2, 0.25) is 11.2 Å². The predicted molar refractivity (Wildman–Crippen MR) is 178 cm³/mol. The van der Waals surface area contributed by atoms with Crippen LogP contribution in [-0.2, 0) is 6.42 Å². The molecule has 1 aliphatic rings. The molecule has 220 valence electrons. The molecule has 1 aliphatic heterocycles. The second kappa shape index (κ2) is 14.4. The number of aromatic nitrogens is 4. The summed E-state index contributed by atoms with van der Waals surface area (Å²) in [4.78, 5) is 30.5. The highest BCUT2D eigenvalue weighted by atomic mass is 35.5. The molecule has 3 heterocycles. The smallest absolute Gasteiger partial charge is 0.330 e. The van der Waals surface area contributed by atoms with E-state index in [0.717, 1.165) is 47.1 Å². The SMILES string of the molecule is Clc1ccc2nc(Cl)[nH]c2c1.NCCCc1ccccc1.O=C1N(c2ccccc2)CCN1c1nc2ccc(Cl)cc2[nH]1. The molecule has 4 aromatic carbocycles. The Morgan fingerprint density at radius 3 is 1.95 bits per heavy atom. The summed E-state index contributed by atoms with van der Waals surface area (Å²) in [7, 11) is 0. The number of H-pyrrole nitrogens is 2. The molecule has 6 aromatic rings. The Hall–Kier alpha value is -4.08. The molecular formula is C32H30Cl3N7O. The van der Waals surface area contributed by atoms with Gasteiger partial charge >= 0.3 is 6.03 Å². The van der Waals surface area contributed by atoms with Crippen molar-refractivity contribution < 1.29 is 4.79 Å². The molecule has 1 saturated heterocycles. The molecule has 0 unspecified atom stereocenters. The van der Waals surface area contributed by atoms with Gasteiger partial charge in [-0.15, -0.1) is 0 Å². The maximum atomic E-state index is 12.6. The van der Waals surface area contributed by atoms with Crippen molar-refractivity contribution in [3.63, 3.8) is 0 Å². The number of anilines is 2. The van der Waals surface area contributed by atoms with E-state index < -0.39 is 0 Å². The van der Waals surface area contributed by atoms with Crippen LogP contribution >= 0.6 is 34.8 Å². The Balaban J connectivity index is 0.000000146. The first kappa shape index (κ1) is 30.4. The zero-order chi connectivity index (χ0) is 30.2. The molecule has 0 saturated carbocycles. The van der Waals surface area contributed by atoms with Crippen LogP contribution in [0.4, 0.5) is 16.4 Å². The van der Waals surface area contributed by atoms with Crippen molar-refractivity contribution in [2.45, 2.75) is 12.8 Å². The van der Waals surface area contributed by atoms with E-state index in [1.165, 1.54) is 5.56 Å². The molecule has 0 bridgehead atoms. The van der Waals surface area contributed by atoms with Crippen molar-refractivity contribution in [3.05, 3.63) is 118 Å². The van der Waals surface area contributed by atoms with Gasteiger partial charge in [-0.25, -0.2) is 14.8 Å². The average Bonchev–Trinajstić information content (AvgIpc) is 3.72. The summed E-state index contributed by atoms with van der Waals surface area (Å²) < 4.78 is 0. The Bertz CT molecular complexity index is 1790. The number of fused-ring (bicyclic) bond motifs is 2. The van der Waals surface area contributed by atoms with Crippen LogP contribution in [0.15, 0.2) is 97.1 Å². The van der Waals surface area contributed by atoms with Crippen molar-refractivity contribution in [2.75, 3.05) is 29.4 Å². The van der Waals surface area contributed by atoms with Gasteiger partial charge in [-0.1, -0.05) is 71.7 Å². The number of rotatable bonds is 5. The molecule has 2 amide bonds. The van der Waals surface area contributed by atoms with Crippen molar-refractivity contribution >= 4 is 74.5 Å². The van der Waals surface area contributed by atoms with Crippen LogP contribution in [0.1, 0.15) is 12.0 Å². The second-order valence-electron chi connectivity index (χ2n) is 9.71. The minimum absolute atomic E-state index is 0.0728. The second-order valence-corrected chi connectivity index (χ2v) is 10.9. The van der Waals surface area contributed by atoms with E-state index in [0.29, 0.717) is 34.4 Å². The van der Waals surface area contributed by atoms with E-state index >= 15 is 0 Å². The third-order valence-corrected chi connectivity index (χ3v) is 7.34. The number of imidazole rings is 2. The Morgan fingerprint density at radius 1 is 0.721 bits per heavy atom. The van der Waals surface area contributed by atoms with Crippen LogP contribution in [0.3, 0.4) is 0 Å². The van der Waals surface area contributed by atoms with Crippen molar-refractivity contribution in [1.29, 1.82) is 0 Å². The molecular weight excluding hydrogens is 605 g/mol. The van der Waals surface area contributed by atoms with E-state index in [9.17, 15) is 4.79 Å². The lowest BCUT2D eigenvalue weighted by Gasteiger charge is -2.16. The zero-order valence-electron chi connectivity index (χ0n) is 23.2. The third kappa shape index (κ3) is 7.86. The molecule has 7 rings (SSSR count). The Labute approximate surface area is 264 Å². The first-order chi connectivity index (χ1) is 20.9. The molecule has 11 heteroatoms. The number of nitrogens with two attached hydrogens (primary N) is 1. The van der Waals surface area contributed by atoms with Gasteiger partial charge in [0.15, 0.2) is 0 Å². The number of urea groups is 1. The summed E-state index contributed by atoms with van der Waals surface area (Å²) in [6.07, 6.45) is 2.20. The molecule has 43 heavy (non-hydrogen) atoms. The Kier molecular flexibility index (Phi) is 10.2. The number of hydrogen-bond donors (Lipinski definition) is 3. The number of halogens is 3. The van der Waals surface area contributed by atoms with Crippen molar-refractivity contribution in [2.24, 2.45) is 5.73 Å². The fourth-order valence-electron chi connectivity index (χ4n) is 4.58. The van der Waals surface area contributed by atoms with Crippen LogP contribution in [0.5, 0.6) is 0 Å². The fourth-order valence-corrected chi connectivity index (χ4v) is 5.12. The largest absolute Gasteiger partial charge is 0.331 e. The highest BCUT2D eigenvalue weighted by Crippen LogP contribution is 2.26. The van der Waals surface area contributed by atoms with Crippen molar-refractivity contribution in [1.82, 2.24) is 19.9 Å². The minimum atomic E-state index is -0.0728. The number of carbonyl (C=O) groups is 1. The molecule has 4 N–H and O–H groups in total. The van der Waals surface area contributed by atoms with Gasteiger partial charge in [0, 0.05) is 28.8 Å². The topological polar surface area (TPSA) is 107 Å². The summed E-state index contributed by atoms with van der Waals surface area (Å²) in [5.41, 5.74) is 11.0. The van der Waals surface area contributed by atoms with Crippen LogP contribution in [0.2, 0.25) is 15.3 Å². The summed E-state index contributed by atoms with van der Waals surface area (Å²) in [6.45, 7) is 2.02. The lowest BCUT2D eigenvalue weighted by Crippen LogP contribution is -2.32. The zero-order valence-corrected chi connectivity index (χ0v) is 25.4. The summed E-state index contributed by atoms with van der Waals surface area (Å²) in [6, 6.07) is 30.8. The standard InChI is InChI=1S/C16H13ClN4O.C9H13N.C7H4Cl2N2/c17-11-6-7-13-14(10-11)19-15(18-13)21-9-8-20(16(21)22)12-4-2-1-3-5-12;10-8-4-7-9-5-2-1-3-6-9;8-4-1-2-5-6(3-4)11-7(9)10-5/h1-7,10H,8-9H2,(H,18,19);1-3,5-6H,4,7-8,10H2;1-3H,(H,10,11). The van der Waals surface area contributed by atoms with Gasteiger partial charge in [0.05, 0.1) is 22.1 Å². The Morgan fingerprint density at radius 2 is 1.30 bits per heavy atom. The molecule has 0 aliphatic carbocycles. The quantitative estimate of drug-likeness (QED) is 0.178. The number of carbonyl (C=O) groups excluding carboxylic acids is 1. The number of nitrogens with zero attached hydrogens (tertiary/aromatic N) is 4. The summed E-state index contributed by atoms with van der Waals surface area (Å²) >= 11 is 17.3. The highest BCUT2D eigenvalue weighted by Gasteiger charge is 2.32. The van der Waals surface area contributed by atoms with E-state index in [2.05, 4.69) is 44.2 Å². The van der Waals surface area contributed by atoms with Gasteiger partial charge in [-0.3, -0.25) is 9.80 Å². The summed E-state index contributed by atoms with van der Waals surface area (Å²) in [5.74, 6) is 0.556. The fraction of sp³-hybridized carbons (Fsp3) is 0.156. The first-order valence-electron chi connectivity index (χ1n) is 13.8. The van der Waals surface area contributed by atoms with Crippen molar-refractivity contribution in [3.8, 4) is 0 Å². The number of aromatic amines is 2. The number of aryl methyl sites for hydroxylation is 1. The van der Waals surface area contributed by atoms with E-state index in [1.54, 1.807) is 28.0 Å². The normalized spacial score (nSPS) is 12.7. The maximum absolute atomic E-state index is 12.6. The van der Waals surface area contributed by atoms with Crippen LogP contribution < -0.4 is 15.5 Å².